The number of alkyl halides is 6. The molecule has 1 fully saturated rings. The predicted octanol–water partition coefficient (Wildman–Crippen LogP) is 4.46. The van der Waals surface area contributed by atoms with E-state index in [1.165, 1.54) is 0 Å². The minimum absolute atomic E-state index is 0.0169. The lowest BCUT2D eigenvalue weighted by atomic mass is 10.2. The molecule has 0 radical (unpaired) electrons. The molecular formula is C24H23F6N5O5. The number of pyridine rings is 1. The standard InChI is InChI=1S/C20H21N5O.2C2HF3O2/c1-2-6-16(7-3-1)23-19-9-11-22-20(24-19)18-15-26-13-12-25(18)14-17-8-4-5-10-21-17;2*3-2(4,5)1(6)7/h1-11,18H,12-15H2,(H,22,23,24);2*(H,6,7). The first-order valence-electron chi connectivity index (χ1n) is 11.2. The first-order chi connectivity index (χ1) is 18.8. The molecule has 1 aliphatic heterocycles. The Labute approximate surface area is 223 Å². The summed E-state index contributed by atoms with van der Waals surface area (Å²) in [5.41, 5.74) is 2.04. The van der Waals surface area contributed by atoms with Crippen LogP contribution in [0.2, 0.25) is 0 Å². The SMILES string of the molecule is O=C(O)C(F)(F)F.O=C(O)C(F)(F)F.c1ccc(Nc2ccnc(C3COCCN3Cc3ccccn3)n2)cc1. The molecule has 4 rings (SSSR count). The number of benzene rings is 1. The summed E-state index contributed by atoms with van der Waals surface area (Å²) in [6.45, 7) is 2.89. The van der Waals surface area contributed by atoms with Gasteiger partial charge in [-0.1, -0.05) is 24.3 Å². The number of ether oxygens (including phenoxy) is 1. The van der Waals surface area contributed by atoms with Crippen molar-refractivity contribution in [2.75, 3.05) is 25.1 Å². The second-order valence-corrected chi connectivity index (χ2v) is 7.78. The highest BCUT2D eigenvalue weighted by Crippen LogP contribution is 2.24. The van der Waals surface area contributed by atoms with Gasteiger partial charge >= 0.3 is 24.3 Å². The minimum atomic E-state index is -5.08. The van der Waals surface area contributed by atoms with Gasteiger partial charge < -0.3 is 20.3 Å². The van der Waals surface area contributed by atoms with Crippen molar-refractivity contribution in [3.8, 4) is 0 Å². The van der Waals surface area contributed by atoms with E-state index in [1.807, 2.05) is 60.8 Å². The summed E-state index contributed by atoms with van der Waals surface area (Å²) < 4.78 is 69.2. The Kier molecular flexibility index (Phi) is 11.8. The number of carboxylic acid groups (broad SMARTS) is 2. The summed E-state index contributed by atoms with van der Waals surface area (Å²) in [4.78, 5) is 33.8. The summed E-state index contributed by atoms with van der Waals surface area (Å²) in [5, 5.41) is 17.6. The number of rotatable bonds is 5. The maximum atomic E-state index is 10.6. The molecule has 16 heteroatoms. The van der Waals surface area contributed by atoms with Crippen LogP contribution in [-0.4, -0.2) is 74.1 Å². The van der Waals surface area contributed by atoms with E-state index in [-0.39, 0.29) is 6.04 Å². The molecule has 3 heterocycles. The molecule has 1 aromatic carbocycles. The first kappa shape index (κ1) is 31.9. The lowest BCUT2D eigenvalue weighted by Crippen LogP contribution is -2.40. The Morgan fingerprint density at radius 1 is 0.900 bits per heavy atom. The van der Waals surface area contributed by atoms with Crippen LogP contribution in [0.3, 0.4) is 0 Å². The molecule has 0 saturated carbocycles. The molecule has 216 valence electrons. The average molecular weight is 575 g/mol. The molecule has 1 unspecified atom stereocenters. The van der Waals surface area contributed by atoms with Gasteiger partial charge in [-0.05, 0) is 30.3 Å². The number of aromatic nitrogens is 3. The highest BCUT2D eigenvalue weighted by Gasteiger charge is 2.38. The van der Waals surface area contributed by atoms with Gasteiger partial charge in [-0.3, -0.25) is 9.88 Å². The highest BCUT2D eigenvalue weighted by molar-refractivity contribution is 5.73. The molecule has 0 amide bonds. The molecule has 2 aromatic heterocycles. The third-order valence-electron chi connectivity index (χ3n) is 4.83. The molecule has 1 aliphatic rings. The average Bonchev–Trinajstić information content (AvgIpc) is 2.90. The van der Waals surface area contributed by atoms with Gasteiger partial charge in [-0.15, -0.1) is 0 Å². The smallest absolute Gasteiger partial charge is 0.475 e. The third-order valence-corrected chi connectivity index (χ3v) is 4.83. The van der Waals surface area contributed by atoms with E-state index in [9.17, 15) is 26.3 Å². The molecule has 1 saturated heterocycles. The van der Waals surface area contributed by atoms with Gasteiger partial charge in [0, 0.05) is 31.2 Å². The summed E-state index contributed by atoms with van der Waals surface area (Å²) in [5.74, 6) is -3.97. The normalized spacial score (nSPS) is 15.5. The summed E-state index contributed by atoms with van der Waals surface area (Å²) >= 11 is 0. The molecule has 0 bridgehead atoms. The van der Waals surface area contributed by atoms with Crippen LogP contribution in [0, 0.1) is 0 Å². The number of morpholine rings is 1. The number of nitrogens with zero attached hydrogens (tertiary/aromatic N) is 4. The second-order valence-electron chi connectivity index (χ2n) is 7.78. The van der Waals surface area contributed by atoms with Gasteiger partial charge in [-0.2, -0.15) is 26.3 Å². The summed E-state index contributed by atoms with van der Waals surface area (Å²) in [7, 11) is 0. The number of halogens is 6. The number of anilines is 2. The maximum absolute atomic E-state index is 10.6. The Hall–Kier alpha value is -4.31. The van der Waals surface area contributed by atoms with Gasteiger partial charge in [0.2, 0.25) is 0 Å². The molecule has 3 N–H and O–H groups in total. The first-order valence-corrected chi connectivity index (χ1v) is 11.2. The third kappa shape index (κ3) is 11.2. The van der Waals surface area contributed by atoms with Gasteiger partial charge in [0.15, 0.2) is 0 Å². The maximum Gasteiger partial charge on any atom is 0.490 e. The van der Waals surface area contributed by atoms with Crippen molar-refractivity contribution in [3.63, 3.8) is 0 Å². The highest BCUT2D eigenvalue weighted by atomic mass is 19.4. The summed E-state index contributed by atoms with van der Waals surface area (Å²) in [6.07, 6.45) is -6.55. The predicted molar refractivity (Wildman–Crippen MR) is 127 cm³/mol. The van der Waals surface area contributed by atoms with Gasteiger partial charge in [0.25, 0.3) is 0 Å². The topological polar surface area (TPSA) is 138 Å². The quantitative estimate of drug-likeness (QED) is 0.374. The van der Waals surface area contributed by atoms with Gasteiger partial charge in [-0.25, -0.2) is 19.6 Å². The Morgan fingerprint density at radius 2 is 1.50 bits per heavy atom. The Balaban J connectivity index is 0.000000333. The number of hydrogen-bond acceptors (Lipinski definition) is 8. The second kappa shape index (κ2) is 14.7. The zero-order valence-electron chi connectivity index (χ0n) is 20.4. The van der Waals surface area contributed by atoms with E-state index in [4.69, 9.17) is 29.5 Å². The molecule has 0 spiro atoms. The lowest BCUT2D eigenvalue weighted by molar-refractivity contribution is -0.193. The van der Waals surface area contributed by atoms with E-state index in [0.717, 1.165) is 36.1 Å². The van der Waals surface area contributed by atoms with Crippen LogP contribution < -0.4 is 5.32 Å². The van der Waals surface area contributed by atoms with Crippen molar-refractivity contribution < 1.29 is 50.9 Å². The molecule has 40 heavy (non-hydrogen) atoms. The molecule has 3 aromatic rings. The number of carbonyl (C=O) groups is 2. The number of para-hydroxylation sites is 1. The van der Waals surface area contributed by atoms with E-state index in [1.54, 1.807) is 6.20 Å². The number of aliphatic carboxylic acids is 2. The molecular weight excluding hydrogens is 552 g/mol. The van der Waals surface area contributed by atoms with Crippen LogP contribution in [0.1, 0.15) is 17.6 Å². The van der Waals surface area contributed by atoms with Crippen LogP contribution in [0.4, 0.5) is 37.8 Å². The fraction of sp³-hybridized carbons (Fsp3) is 0.292. The molecule has 10 nitrogen and oxygen atoms in total. The van der Waals surface area contributed by atoms with Crippen molar-refractivity contribution in [1.82, 2.24) is 19.9 Å². The van der Waals surface area contributed by atoms with Crippen molar-refractivity contribution in [1.29, 1.82) is 0 Å². The lowest BCUT2D eigenvalue weighted by Gasteiger charge is -2.34. The fourth-order valence-corrected chi connectivity index (χ4v) is 3.04. The summed E-state index contributed by atoms with van der Waals surface area (Å²) in [6, 6.07) is 17.9. The zero-order valence-corrected chi connectivity index (χ0v) is 20.4. The van der Waals surface area contributed by atoms with Crippen molar-refractivity contribution in [3.05, 3.63) is 78.5 Å². The van der Waals surface area contributed by atoms with Crippen LogP contribution in [0.15, 0.2) is 67.0 Å². The van der Waals surface area contributed by atoms with E-state index in [2.05, 4.69) is 20.2 Å². The van der Waals surface area contributed by atoms with E-state index >= 15 is 0 Å². The number of nitrogens with one attached hydrogen (secondary N) is 1. The van der Waals surface area contributed by atoms with Crippen LogP contribution in [-0.2, 0) is 20.9 Å². The molecule has 1 atom stereocenters. The Bertz CT molecular complexity index is 1190. The van der Waals surface area contributed by atoms with Crippen molar-refractivity contribution in [2.24, 2.45) is 0 Å². The van der Waals surface area contributed by atoms with E-state index in [0.29, 0.717) is 13.2 Å². The van der Waals surface area contributed by atoms with Crippen LogP contribution in [0.25, 0.3) is 0 Å². The fourth-order valence-electron chi connectivity index (χ4n) is 3.04. The van der Waals surface area contributed by atoms with E-state index < -0.39 is 24.3 Å². The number of hydrogen-bond donors (Lipinski definition) is 3. The minimum Gasteiger partial charge on any atom is -0.475 e. The Morgan fingerprint density at radius 3 is 2.05 bits per heavy atom. The molecule has 0 aliphatic carbocycles. The van der Waals surface area contributed by atoms with Crippen LogP contribution >= 0.6 is 0 Å². The zero-order chi connectivity index (χ0) is 29.8. The van der Waals surface area contributed by atoms with Crippen LogP contribution in [0.5, 0.6) is 0 Å². The number of carboxylic acids is 2. The van der Waals surface area contributed by atoms with Gasteiger partial charge in [0.05, 0.1) is 24.9 Å². The van der Waals surface area contributed by atoms with Gasteiger partial charge in [0.1, 0.15) is 11.6 Å². The van der Waals surface area contributed by atoms with Crippen molar-refractivity contribution >= 4 is 23.4 Å². The monoisotopic (exact) mass is 575 g/mol. The van der Waals surface area contributed by atoms with Crippen molar-refractivity contribution in [2.45, 2.75) is 24.9 Å². The largest absolute Gasteiger partial charge is 0.490 e.